The molecule has 2 aromatic carbocycles. The van der Waals surface area contributed by atoms with Gasteiger partial charge in [0.2, 0.25) is 5.91 Å². The second-order valence-corrected chi connectivity index (χ2v) is 9.90. The molecule has 6 nitrogen and oxygen atoms in total. The quantitative estimate of drug-likeness (QED) is 0.454. The molecule has 2 amide bonds. The highest BCUT2D eigenvalue weighted by atomic mass is 35.5. The summed E-state index contributed by atoms with van der Waals surface area (Å²) in [6.07, 6.45) is 4.14. The second kappa shape index (κ2) is 9.27. The maximum atomic E-state index is 14.5. The van der Waals surface area contributed by atoms with Crippen LogP contribution in [0, 0.1) is 5.82 Å². The average Bonchev–Trinajstić information content (AvgIpc) is 3.60. The molecule has 3 aromatic rings. The van der Waals surface area contributed by atoms with E-state index in [4.69, 9.17) is 11.6 Å². The smallest absolute Gasteiger partial charge is 0.260 e. The van der Waals surface area contributed by atoms with E-state index in [0.717, 1.165) is 25.7 Å². The van der Waals surface area contributed by atoms with E-state index in [0.29, 0.717) is 40.1 Å². The number of imide groups is 1. The first-order valence-electron chi connectivity index (χ1n) is 11.0. The van der Waals surface area contributed by atoms with Crippen molar-refractivity contribution >= 4 is 35.2 Å². The summed E-state index contributed by atoms with van der Waals surface area (Å²) in [7, 11) is 0. The summed E-state index contributed by atoms with van der Waals surface area (Å²) in [5, 5.41) is 9.28. The predicted octanol–water partition coefficient (Wildman–Crippen LogP) is 5.39. The zero-order valence-electron chi connectivity index (χ0n) is 17.8. The molecule has 9 heteroatoms. The number of nitrogens with zero attached hydrogens (tertiary/aromatic N) is 4. The molecule has 0 bridgehead atoms. The number of halogens is 2. The first kappa shape index (κ1) is 22.1. The van der Waals surface area contributed by atoms with Crippen molar-refractivity contribution in [2.75, 3.05) is 6.54 Å². The Bertz CT molecular complexity index is 1200. The van der Waals surface area contributed by atoms with Crippen LogP contribution < -0.4 is 0 Å². The molecule has 1 unspecified atom stereocenters. The molecular formula is C24H22ClFN4O2S. The van der Waals surface area contributed by atoms with Gasteiger partial charge in [0.15, 0.2) is 11.0 Å². The molecule has 170 valence electrons. The number of carbonyl (C=O) groups is 2. The SMILES string of the molecule is O=C(c1ccc(Cl)cc1)N1CCCCC(Sc2nnc(-c3ccccc3F)n2C2CC2)C1=O. The molecule has 1 aliphatic heterocycles. The van der Waals surface area contributed by atoms with Gasteiger partial charge >= 0.3 is 0 Å². The zero-order valence-corrected chi connectivity index (χ0v) is 19.4. The Morgan fingerprint density at radius 1 is 1.03 bits per heavy atom. The van der Waals surface area contributed by atoms with Crippen molar-refractivity contribution in [3.05, 3.63) is 64.9 Å². The number of likely N-dealkylation sites (tertiary alicyclic amines) is 1. The Morgan fingerprint density at radius 2 is 1.79 bits per heavy atom. The molecule has 1 saturated heterocycles. The van der Waals surface area contributed by atoms with Crippen LogP contribution in [-0.4, -0.2) is 43.3 Å². The summed E-state index contributed by atoms with van der Waals surface area (Å²) in [5.74, 6) is -0.419. The Hall–Kier alpha value is -2.71. The molecule has 33 heavy (non-hydrogen) atoms. The Labute approximate surface area is 200 Å². The highest BCUT2D eigenvalue weighted by molar-refractivity contribution is 8.00. The lowest BCUT2D eigenvalue weighted by molar-refractivity contribution is -0.127. The minimum atomic E-state index is -0.459. The monoisotopic (exact) mass is 484 g/mol. The number of aromatic nitrogens is 3. The fourth-order valence-electron chi connectivity index (χ4n) is 4.04. The third-order valence-corrected chi connectivity index (χ3v) is 7.38. The number of rotatable bonds is 5. The van der Waals surface area contributed by atoms with E-state index >= 15 is 0 Å². The number of amides is 2. The van der Waals surface area contributed by atoms with Gasteiger partial charge in [-0.15, -0.1) is 10.2 Å². The Kier molecular flexibility index (Phi) is 6.21. The van der Waals surface area contributed by atoms with Crippen molar-refractivity contribution in [1.29, 1.82) is 0 Å². The minimum Gasteiger partial charge on any atom is -0.299 e. The maximum absolute atomic E-state index is 14.5. The zero-order chi connectivity index (χ0) is 22.9. The van der Waals surface area contributed by atoms with Gasteiger partial charge < -0.3 is 0 Å². The highest BCUT2D eigenvalue weighted by Gasteiger charge is 2.36. The van der Waals surface area contributed by atoms with Crippen LogP contribution in [-0.2, 0) is 4.79 Å². The molecule has 1 saturated carbocycles. The average molecular weight is 485 g/mol. The summed E-state index contributed by atoms with van der Waals surface area (Å²) < 4.78 is 16.4. The standard InChI is InChI=1S/C24H22ClFN4O2S/c25-16-10-8-15(9-11-16)22(31)29-14-4-3-7-20(23(29)32)33-24-28-27-21(30(24)17-12-13-17)18-5-1-2-6-19(18)26/h1-2,5-6,8-11,17,20H,3-4,7,12-14H2. The number of benzene rings is 2. The molecule has 2 heterocycles. The normalized spacial score (nSPS) is 18.9. The van der Waals surface area contributed by atoms with Gasteiger partial charge in [-0.3, -0.25) is 19.1 Å². The van der Waals surface area contributed by atoms with Crippen LogP contribution in [0.15, 0.2) is 53.7 Å². The van der Waals surface area contributed by atoms with Crippen molar-refractivity contribution < 1.29 is 14.0 Å². The largest absolute Gasteiger partial charge is 0.299 e. The van der Waals surface area contributed by atoms with E-state index < -0.39 is 5.25 Å². The summed E-state index contributed by atoms with van der Waals surface area (Å²) in [6, 6.07) is 13.3. The molecular weight excluding hydrogens is 463 g/mol. The van der Waals surface area contributed by atoms with Crippen molar-refractivity contribution in [3.8, 4) is 11.4 Å². The molecule has 0 spiro atoms. The first-order chi connectivity index (χ1) is 16.0. The molecule has 1 aliphatic carbocycles. The molecule has 2 fully saturated rings. The third-order valence-electron chi connectivity index (χ3n) is 5.91. The van der Waals surface area contributed by atoms with Crippen LogP contribution in [0.2, 0.25) is 5.02 Å². The maximum Gasteiger partial charge on any atom is 0.260 e. The molecule has 5 rings (SSSR count). The van der Waals surface area contributed by atoms with E-state index in [9.17, 15) is 14.0 Å². The van der Waals surface area contributed by atoms with Gasteiger partial charge in [0.05, 0.1) is 10.8 Å². The predicted molar refractivity (Wildman–Crippen MR) is 125 cm³/mol. The third kappa shape index (κ3) is 4.54. The van der Waals surface area contributed by atoms with Gasteiger partial charge in [-0.25, -0.2) is 4.39 Å². The molecule has 0 N–H and O–H groups in total. The number of carbonyl (C=O) groups excluding carboxylic acids is 2. The van der Waals surface area contributed by atoms with E-state index in [2.05, 4.69) is 10.2 Å². The van der Waals surface area contributed by atoms with Crippen molar-refractivity contribution in [2.24, 2.45) is 0 Å². The summed E-state index contributed by atoms with van der Waals surface area (Å²) in [5.41, 5.74) is 0.830. The summed E-state index contributed by atoms with van der Waals surface area (Å²) in [4.78, 5) is 27.8. The lowest BCUT2D eigenvalue weighted by atomic mass is 10.2. The van der Waals surface area contributed by atoms with Crippen LogP contribution >= 0.6 is 23.4 Å². The molecule has 0 radical (unpaired) electrons. The lowest BCUT2D eigenvalue weighted by Crippen LogP contribution is -2.41. The van der Waals surface area contributed by atoms with Crippen LogP contribution in [0.25, 0.3) is 11.4 Å². The van der Waals surface area contributed by atoms with Gasteiger partial charge in [0.1, 0.15) is 5.82 Å². The fraction of sp³-hybridized carbons (Fsp3) is 0.333. The van der Waals surface area contributed by atoms with Gasteiger partial charge in [0, 0.05) is 23.2 Å². The first-order valence-corrected chi connectivity index (χ1v) is 12.3. The number of thioether (sulfide) groups is 1. The Balaban J connectivity index is 1.42. The summed E-state index contributed by atoms with van der Waals surface area (Å²) >= 11 is 7.26. The number of hydrogen-bond donors (Lipinski definition) is 0. The van der Waals surface area contributed by atoms with Crippen molar-refractivity contribution in [1.82, 2.24) is 19.7 Å². The van der Waals surface area contributed by atoms with Gasteiger partial charge in [-0.1, -0.05) is 41.9 Å². The van der Waals surface area contributed by atoms with Crippen LogP contribution in [0.1, 0.15) is 48.5 Å². The highest BCUT2D eigenvalue weighted by Crippen LogP contribution is 2.43. The Morgan fingerprint density at radius 3 is 2.52 bits per heavy atom. The lowest BCUT2D eigenvalue weighted by Gasteiger charge is -2.22. The van der Waals surface area contributed by atoms with E-state index in [1.807, 2.05) is 4.57 Å². The topological polar surface area (TPSA) is 68.1 Å². The second-order valence-electron chi connectivity index (χ2n) is 8.29. The van der Waals surface area contributed by atoms with Crippen LogP contribution in [0.5, 0.6) is 0 Å². The van der Waals surface area contributed by atoms with E-state index in [1.165, 1.54) is 22.7 Å². The molecule has 1 aromatic heterocycles. The van der Waals surface area contributed by atoms with Gasteiger partial charge in [-0.05, 0) is 62.1 Å². The van der Waals surface area contributed by atoms with E-state index in [-0.39, 0.29) is 23.7 Å². The minimum absolute atomic E-state index is 0.199. The van der Waals surface area contributed by atoms with E-state index in [1.54, 1.807) is 42.5 Å². The van der Waals surface area contributed by atoms with Crippen molar-refractivity contribution in [3.63, 3.8) is 0 Å². The molecule has 2 aliphatic rings. The van der Waals surface area contributed by atoms with Gasteiger partial charge in [-0.2, -0.15) is 0 Å². The molecule has 1 atom stereocenters. The van der Waals surface area contributed by atoms with Gasteiger partial charge in [0.25, 0.3) is 5.91 Å². The fourth-order valence-corrected chi connectivity index (χ4v) is 5.37. The van der Waals surface area contributed by atoms with Crippen molar-refractivity contribution in [2.45, 2.75) is 48.6 Å². The van der Waals surface area contributed by atoms with Crippen LogP contribution in [0.3, 0.4) is 0 Å². The summed E-state index contributed by atoms with van der Waals surface area (Å²) in [6.45, 7) is 0.382. The van der Waals surface area contributed by atoms with Crippen LogP contribution in [0.4, 0.5) is 4.39 Å². The number of hydrogen-bond acceptors (Lipinski definition) is 5.